The van der Waals surface area contributed by atoms with E-state index in [4.69, 9.17) is 9.47 Å². The van der Waals surface area contributed by atoms with Gasteiger partial charge in [0.15, 0.2) is 0 Å². The Kier molecular flexibility index (Phi) is 8.02. The first kappa shape index (κ1) is 14.9. The molecule has 0 saturated heterocycles. The Morgan fingerprint density at radius 2 is 2.00 bits per heavy atom. The number of rotatable bonds is 9. The smallest absolute Gasteiger partial charge is 0.0616 e. The lowest BCUT2D eigenvalue weighted by molar-refractivity contribution is 0.116. The number of hydrogen-bond donors (Lipinski definition) is 1. The molecule has 0 radical (unpaired) electrons. The van der Waals surface area contributed by atoms with Crippen LogP contribution in [-0.2, 0) is 9.47 Å². The average Bonchev–Trinajstić information content (AvgIpc) is 2.21. The Bertz CT molecular complexity index is 149. The molecule has 0 spiro atoms. The van der Waals surface area contributed by atoms with Crippen molar-refractivity contribution >= 4 is 0 Å². The molecule has 1 atom stereocenters. The molecule has 0 aliphatic heterocycles. The van der Waals surface area contributed by atoms with Crippen molar-refractivity contribution in [2.45, 2.75) is 40.2 Å². The zero-order valence-corrected chi connectivity index (χ0v) is 10.9. The van der Waals surface area contributed by atoms with Crippen LogP contribution in [0.25, 0.3) is 0 Å². The van der Waals surface area contributed by atoms with E-state index in [9.17, 15) is 0 Å². The van der Waals surface area contributed by atoms with E-state index in [1.165, 1.54) is 0 Å². The largest absolute Gasteiger partial charge is 0.385 e. The lowest BCUT2D eigenvalue weighted by Gasteiger charge is -2.26. The van der Waals surface area contributed by atoms with Crippen molar-refractivity contribution in [1.29, 1.82) is 0 Å². The van der Waals surface area contributed by atoms with Gasteiger partial charge >= 0.3 is 0 Å². The Morgan fingerprint density at radius 1 is 1.33 bits per heavy atom. The van der Waals surface area contributed by atoms with Crippen LogP contribution in [0.4, 0.5) is 0 Å². The summed E-state index contributed by atoms with van der Waals surface area (Å²) in [5.74, 6) is 0. The zero-order valence-electron chi connectivity index (χ0n) is 10.9. The first-order chi connectivity index (χ1) is 7.02. The minimum Gasteiger partial charge on any atom is -0.385 e. The summed E-state index contributed by atoms with van der Waals surface area (Å²) in [6, 6.07) is 0.423. The van der Waals surface area contributed by atoms with Gasteiger partial charge in [0.2, 0.25) is 0 Å². The predicted molar refractivity (Wildman–Crippen MR) is 64.2 cm³/mol. The molecule has 0 rings (SSSR count). The van der Waals surface area contributed by atoms with Crippen molar-refractivity contribution in [1.82, 2.24) is 5.32 Å². The van der Waals surface area contributed by atoms with Crippen LogP contribution >= 0.6 is 0 Å². The molecule has 92 valence electrons. The van der Waals surface area contributed by atoms with E-state index in [0.29, 0.717) is 6.04 Å². The third-order valence-corrected chi connectivity index (χ3v) is 2.48. The Labute approximate surface area is 94.5 Å². The van der Waals surface area contributed by atoms with Gasteiger partial charge in [-0.25, -0.2) is 0 Å². The highest BCUT2D eigenvalue weighted by molar-refractivity contribution is 4.73. The van der Waals surface area contributed by atoms with Gasteiger partial charge in [-0.1, -0.05) is 13.8 Å². The number of methoxy groups -OCH3 is 1. The quantitative estimate of drug-likeness (QED) is 0.641. The standard InChI is InChI=1S/C12H27NO2/c1-6-15-9-11(2)13-10-12(3,4)7-8-14-5/h11,13H,6-10H2,1-5H3. The molecular weight excluding hydrogens is 190 g/mol. The van der Waals surface area contributed by atoms with Crippen LogP contribution in [0.3, 0.4) is 0 Å². The fraction of sp³-hybridized carbons (Fsp3) is 1.00. The first-order valence-corrected chi connectivity index (χ1v) is 5.82. The molecule has 3 heteroatoms. The van der Waals surface area contributed by atoms with Gasteiger partial charge in [-0.05, 0) is 25.7 Å². The Hall–Kier alpha value is -0.120. The molecule has 0 bridgehead atoms. The van der Waals surface area contributed by atoms with Crippen LogP contribution in [0, 0.1) is 5.41 Å². The van der Waals surface area contributed by atoms with E-state index in [1.807, 2.05) is 6.92 Å². The first-order valence-electron chi connectivity index (χ1n) is 5.82. The molecular formula is C12H27NO2. The lowest BCUT2D eigenvalue weighted by atomic mass is 9.89. The third kappa shape index (κ3) is 8.85. The maximum atomic E-state index is 5.35. The summed E-state index contributed by atoms with van der Waals surface area (Å²) in [5, 5.41) is 3.49. The van der Waals surface area contributed by atoms with Gasteiger partial charge in [0, 0.05) is 32.9 Å². The number of ether oxygens (including phenoxy) is 2. The van der Waals surface area contributed by atoms with Gasteiger partial charge in [0.1, 0.15) is 0 Å². The Balaban J connectivity index is 3.62. The van der Waals surface area contributed by atoms with Gasteiger partial charge < -0.3 is 14.8 Å². The van der Waals surface area contributed by atoms with E-state index in [-0.39, 0.29) is 5.41 Å². The molecule has 0 aliphatic rings. The van der Waals surface area contributed by atoms with Crippen molar-refractivity contribution in [3.63, 3.8) is 0 Å². The highest BCUT2D eigenvalue weighted by atomic mass is 16.5. The molecule has 1 N–H and O–H groups in total. The average molecular weight is 217 g/mol. The van der Waals surface area contributed by atoms with Crippen molar-refractivity contribution < 1.29 is 9.47 Å². The topological polar surface area (TPSA) is 30.5 Å². The molecule has 0 fully saturated rings. The fourth-order valence-electron chi connectivity index (χ4n) is 1.27. The van der Waals surface area contributed by atoms with Crippen molar-refractivity contribution in [3.05, 3.63) is 0 Å². The summed E-state index contributed by atoms with van der Waals surface area (Å²) in [6.45, 7) is 12.1. The van der Waals surface area contributed by atoms with Gasteiger partial charge in [0.05, 0.1) is 6.61 Å². The summed E-state index contributed by atoms with van der Waals surface area (Å²) in [6.07, 6.45) is 1.08. The van der Waals surface area contributed by atoms with Crippen LogP contribution < -0.4 is 5.32 Å². The second kappa shape index (κ2) is 8.08. The third-order valence-electron chi connectivity index (χ3n) is 2.48. The van der Waals surface area contributed by atoms with Gasteiger partial charge in [0.25, 0.3) is 0 Å². The summed E-state index contributed by atoms with van der Waals surface area (Å²) in [4.78, 5) is 0. The lowest BCUT2D eigenvalue weighted by Crippen LogP contribution is -2.38. The molecule has 1 unspecified atom stereocenters. The van der Waals surface area contributed by atoms with Crippen LogP contribution in [0.5, 0.6) is 0 Å². The van der Waals surface area contributed by atoms with Gasteiger partial charge in [-0.15, -0.1) is 0 Å². The monoisotopic (exact) mass is 217 g/mol. The van der Waals surface area contributed by atoms with Crippen LogP contribution in [0.1, 0.15) is 34.1 Å². The maximum Gasteiger partial charge on any atom is 0.0616 e. The summed E-state index contributed by atoms with van der Waals surface area (Å²) in [5.41, 5.74) is 0.288. The van der Waals surface area contributed by atoms with Crippen LogP contribution in [0.15, 0.2) is 0 Å². The van der Waals surface area contributed by atoms with E-state index >= 15 is 0 Å². The molecule has 15 heavy (non-hydrogen) atoms. The zero-order chi connectivity index (χ0) is 11.7. The highest BCUT2D eigenvalue weighted by Crippen LogP contribution is 2.18. The van der Waals surface area contributed by atoms with Crippen molar-refractivity contribution in [2.24, 2.45) is 5.41 Å². The van der Waals surface area contributed by atoms with E-state index in [2.05, 4.69) is 26.1 Å². The normalized spacial score (nSPS) is 14.2. The predicted octanol–water partition coefficient (Wildman–Crippen LogP) is 2.06. The maximum absolute atomic E-state index is 5.35. The molecule has 0 aromatic rings. The van der Waals surface area contributed by atoms with Crippen LogP contribution in [-0.4, -0.2) is 39.5 Å². The van der Waals surface area contributed by atoms with Crippen molar-refractivity contribution in [3.8, 4) is 0 Å². The second-order valence-electron chi connectivity index (χ2n) is 4.85. The minimum atomic E-state index is 0.288. The number of nitrogens with one attached hydrogen (secondary N) is 1. The molecule has 0 aliphatic carbocycles. The van der Waals surface area contributed by atoms with Crippen LogP contribution in [0.2, 0.25) is 0 Å². The fourth-order valence-corrected chi connectivity index (χ4v) is 1.27. The molecule has 0 heterocycles. The molecule has 0 aromatic carbocycles. The molecule has 0 amide bonds. The second-order valence-corrected chi connectivity index (χ2v) is 4.85. The number of hydrogen-bond acceptors (Lipinski definition) is 3. The van der Waals surface area contributed by atoms with Gasteiger partial charge in [-0.2, -0.15) is 0 Å². The van der Waals surface area contributed by atoms with E-state index in [1.54, 1.807) is 7.11 Å². The summed E-state index contributed by atoms with van der Waals surface area (Å²) in [7, 11) is 1.75. The van der Waals surface area contributed by atoms with Crippen molar-refractivity contribution in [2.75, 3.05) is 33.5 Å². The highest BCUT2D eigenvalue weighted by Gasteiger charge is 2.18. The van der Waals surface area contributed by atoms with E-state index in [0.717, 1.165) is 32.8 Å². The van der Waals surface area contributed by atoms with E-state index < -0.39 is 0 Å². The Morgan fingerprint density at radius 3 is 2.53 bits per heavy atom. The molecule has 0 saturated carbocycles. The summed E-state index contributed by atoms with van der Waals surface area (Å²) >= 11 is 0. The molecule has 3 nitrogen and oxygen atoms in total. The summed E-state index contributed by atoms with van der Waals surface area (Å²) < 4.78 is 10.5. The molecule has 0 aromatic heterocycles. The SMILES string of the molecule is CCOCC(C)NCC(C)(C)CCOC. The van der Waals surface area contributed by atoms with Gasteiger partial charge in [-0.3, -0.25) is 0 Å². The minimum absolute atomic E-state index is 0.288.